The molecule has 0 heterocycles. The zero-order chi connectivity index (χ0) is 11.4. The molecule has 0 aliphatic heterocycles. The van der Waals surface area contributed by atoms with E-state index in [1.54, 1.807) is 0 Å². The molecule has 0 aromatic heterocycles. The van der Waals surface area contributed by atoms with Crippen molar-refractivity contribution < 1.29 is 0 Å². The van der Waals surface area contributed by atoms with E-state index in [4.69, 9.17) is 5.73 Å². The van der Waals surface area contributed by atoms with E-state index in [9.17, 15) is 0 Å². The highest BCUT2D eigenvalue weighted by Crippen LogP contribution is 2.36. The zero-order valence-corrected chi connectivity index (χ0v) is 10.1. The molecule has 1 aromatic rings. The fourth-order valence-electron chi connectivity index (χ4n) is 2.07. The second-order valence-electron chi connectivity index (χ2n) is 5.02. The van der Waals surface area contributed by atoms with Crippen molar-refractivity contribution in [2.24, 2.45) is 11.8 Å². The standard InChI is InChI=1S/C14H22N2/c1-11-9-13(11)10-16-8-2-3-12-4-6-14(15)7-5-12/h4-7,11,13,16H,2-3,8-10,15H2,1H3. The third kappa shape index (κ3) is 3.53. The van der Waals surface area contributed by atoms with E-state index in [0.29, 0.717) is 0 Å². The Morgan fingerprint density at radius 3 is 2.62 bits per heavy atom. The van der Waals surface area contributed by atoms with Gasteiger partial charge in [0.1, 0.15) is 0 Å². The van der Waals surface area contributed by atoms with Crippen LogP contribution >= 0.6 is 0 Å². The molecular weight excluding hydrogens is 196 g/mol. The lowest BCUT2D eigenvalue weighted by atomic mass is 10.1. The van der Waals surface area contributed by atoms with Crippen molar-refractivity contribution in [2.75, 3.05) is 18.8 Å². The predicted octanol–water partition coefficient (Wildman–Crippen LogP) is 2.45. The van der Waals surface area contributed by atoms with Crippen molar-refractivity contribution in [1.29, 1.82) is 0 Å². The molecule has 0 radical (unpaired) electrons. The smallest absolute Gasteiger partial charge is 0.0314 e. The largest absolute Gasteiger partial charge is 0.399 e. The molecule has 3 N–H and O–H groups in total. The first-order valence-corrected chi connectivity index (χ1v) is 6.31. The lowest BCUT2D eigenvalue weighted by molar-refractivity contribution is 0.593. The number of hydrogen-bond acceptors (Lipinski definition) is 2. The summed E-state index contributed by atoms with van der Waals surface area (Å²) in [6.07, 6.45) is 3.78. The number of nitrogens with two attached hydrogens (primary N) is 1. The first kappa shape index (κ1) is 11.5. The van der Waals surface area contributed by atoms with Crippen LogP contribution in [0.15, 0.2) is 24.3 Å². The monoisotopic (exact) mass is 218 g/mol. The molecule has 16 heavy (non-hydrogen) atoms. The number of benzene rings is 1. The summed E-state index contributed by atoms with van der Waals surface area (Å²) in [6, 6.07) is 8.21. The molecule has 0 amide bonds. The van der Waals surface area contributed by atoms with Gasteiger partial charge in [-0.15, -0.1) is 0 Å². The Balaban J connectivity index is 1.55. The van der Waals surface area contributed by atoms with Crippen LogP contribution in [0.1, 0.15) is 25.3 Å². The number of nitrogen functional groups attached to an aromatic ring is 1. The lowest BCUT2D eigenvalue weighted by Gasteiger charge is -2.04. The molecule has 0 spiro atoms. The number of anilines is 1. The number of hydrogen-bond donors (Lipinski definition) is 2. The van der Waals surface area contributed by atoms with Crippen LogP contribution in [0.5, 0.6) is 0 Å². The van der Waals surface area contributed by atoms with Crippen LogP contribution in [-0.2, 0) is 6.42 Å². The molecule has 2 unspecified atom stereocenters. The Morgan fingerprint density at radius 2 is 2.00 bits per heavy atom. The SMILES string of the molecule is CC1CC1CNCCCc1ccc(N)cc1. The number of nitrogens with one attached hydrogen (secondary N) is 1. The average molecular weight is 218 g/mol. The highest BCUT2D eigenvalue weighted by Gasteiger charge is 2.31. The molecule has 1 fully saturated rings. The average Bonchev–Trinajstić information content (AvgIpc) is 2.97. The van der Waals surface area contributed by atoms with Crippen molar-refractivity contribution in [1.82, 2.24) is 5.32 Å². The van der Waals surface area contributed by atoms with Gasteiger partial charge in [0.25, 0.3) is 0 Å². The summed E-state index contributed by atoms with van der Waals surface area (Å²) in [5.74, 6) is 1.92. The minimum atomic E-state index is 0.851. The molecule has 0 saturated heterocycles. The summed E-state index contributed by atoms with van der Waals surface area (Å²) in [7, 11) is 0. The van der Waals surface area contributed by atoms with Crippen LogP contribution in [0.2, 0.25) is 0 Å². The Bertz CT molecular complexity index is 318. The fraction of sp³-hybridized carbons (Fsp3) is 0.571. The first-order valence-electron chi connectivity index (χ1n) is 6.31. The van der Waals surface area contributed by atoms with E-state index in [1.807, 2.05) is 12.1 Å². The third-order valence-electron chi connectivity index (χ3n) is 3.48. The van der Waals surface area contributed by atoms with Gasteiger partial charge in [-0.25, -0.2) is 0 Å². The van der Waals surface area contributed by atoms with Gasteiger partial charge in [0, 0.05) is 5.69 Å². The van der Waals surface area contributed by atoms with Crippen molar-refractivity contribution in [3.05, 3.63) is 29.8 Å². The van der Waals surface area contributed by atoms with Gasteiger partial charge < -0.3 is 11.1 Å². The predicted molar refractivity (Wildman–Crippen MR) is 69.3 cm³/mol. The van der Waals surface area contributed by atoms with E-state index in [-0.39, 0.29) is 0 Å². The molecule has 2 atom stereocenters. The normalized spacial score (nSPS) is 23.3. The first-order chi connectivity index (χ1) is 7.75. The molecule has 2 nitrogen and oxygen atoms in total. The van der Waals surface area contributed by atoms with E-state index in [0.717, 1.165) is 30.5 Å². The zero-order valence-electron chi connectivity index (χ0n) is 10.1. The van der Waals surface area contributed by atoms with Crippen LogP contribution in [0.25, 0.3) is 0 Å². The van der Waals surface area contributed by atoms with Gasteiger partial charge in [-0.05, 0) is 61.9 Å². The highest BCUT2D eigenvalue weighted by molar-refractivity contribution is 5.39. The Morgan fingerprint density at radius 1 is 1.31 bits per heavy atom. The van der Waals surface area contributed by atoms with Crippen LogP contribution in [0, 0.1) is 11.8 Å². The van der Waals surface area contributed by atoms with Crippen LogP contribution in [-0.4, -0.2) is 13.1 Å². The van der Waals surface area contributed by atoms with Gasteiger partial charge in [0.05, 0.1) is 0 Å². The van der Waals surface area contributed by atoms with Crippen LogP contribution in [0.3, 0.4) is 0 Å². The quantitative estimate of drug-likeness (QED) is 0.568. The summed E-state index contributed by atoms with van der Waals surface area (Å²) < 4.78 is 0. The summed E-state index contributed by atoms with van der Waals surface area (Å²) in [6.45, 7) is 4.68. The molecule has 1 aromatic carbocycles. The van der Waals surface area contributed by atoms with E-state index >= 15 is 0 Å². The summed E-state index contributed by atoms with van der Waals surface area (Å²) in [4.78, 5) is 0. The van der Waals surface area contributed by atoms with Crippen molar-refractivity contribution in [3.8, 4) is 0 Å². The molecule has 2 rings (SSSR count). The lowest BCUT2D eigenvalue weighted by Crippen LogP contribution is -2.19. The maximum Gasteiger partial charge on any atom is 0.0314 e. The minimum absolute atomic E-state index is 0.851. The molecule has 2 heteroatoms. The summed E-state index contributed by atoms with van der Waals surface area (Å²) >= 11 is 0. The summed E-state index contributed by atoms with van der Waals surface area (Å²) in [5, 5.41) is 3.53. The van der Waals surface area contributed by atoms with Crippen molar-refractivity contribution in [3.63, 3.8) is 0 Å². The second kappa shape index (κ2) is 5.35. The van der Waals surface area contributed by atoms with Gasteiger partial charge in [-0.3, -0.25) is 0 Å². The van der Waals surface area contributed by atoms with Crippen LogP contribution in [0.4, 0.5) is 5.69 Å². The van der Waals surface area contributed by atoms with Gasteiger partial charge in [-0.1, -0.05) is 19.1 Å². The maximum absolute atomic E-state index is 5.64. The second-order valence-corrected chi connectivity index (χ2v) is 5.02. The third-order valence-corrected chi connectivity index (χ3v) is 3.48. The van der Waals surface area contributed by atoms with E-state index < -0.39 is 0 Å². The van der Waals surface area contributed by atoms with Gasteiger partial charge in [-0.2, -0.15) is 0 Å². The van der Waals surface area contributed by atoms with Crippen molar-refractivity contribution in [2.45, 2.75) is 26.2 Å². The Labute approximate surface area is 98.2 Å². The van der Waals surface area contributed by atoms with Crippen molar-refractivity contribution >= 4 is 5.69 Å². The van der Waals surface area contributed by atoms with Crippen LogP contribution < -0.4 is 11.1 Å². The minimum Gasteiger partial charge on any atom is -0.399 e. The maximum atomic E-state index is 5.64. The van der Waals surface area contributed by atoms with Gasteiger partial charge >= 0.3 is 0 Å². The molecule has 0 bridgehead atoms. The number of aryl methyl sites for hydroxylation is 1. The molecule has 88 valence electrons. The van der Waals surface area contributed by atoms with E-state index in [2.05, 4.69) is 24.4 Å². The molecule has 1 aliphatic rings. The highest BCUT2D eigenvalue weighted by atomic mass is 14.9. The molecule has 1 aliphatic carbocycles. The number of rotatable bonds is 6. The topological polar surface area (TPSA) is 38.0 Å². The van der Waals surface area contributed by atoms with E-state index in [1.165, 1.54) is 24.9 Å². The van der Waals surface area contributed by atoms with Gasteiger partial charge in [0.15, 0.2) is 0 Å². The van der Waals surface area contributed by atoms with Gasteiger partial charge in [0.2, 0.25) is 0 Å². The Kier molecular flexibility index (Phi) is 3.83. The Hall–Kier alpha value is -1.02. The fourth-order valence-corrected chi connectivity index (χ4v) is 2.07. The summed E-state index contributed by atoms with van der Waals surface area (Å²) in [5.41, 5.74) is 7.88. The molecule has 1 saturated carbocycles. The molecular formula is C14H22N2.